The zero-order valence-electron chi connectivity index (χ0n) is 16.0. The van der Waals surface area contributed by atoms with Gasteiger partial charge >= 0.3 is 6.03 Å². The zero-order valence-corrected chi connectivity index (χ0v) is 16.0. The number of anilines is 1. The molecule has 2 amide bonds. The lowest BCUT2D eigenvalue weighted by Gasteiger charge is -2.20. The van der Waals surface area contributed by atoms with Gasteiger partial charge in [-0.2, -0.15) is 0 Å². The van der Waals surface area contributed by atoms with Gasteiger partial charge in [-0.3, -0.25) is 4.79 Å². The second-order valence-electron chi connectivity index (χ2n) is 7.39. The quantitative estimate of drug-likeness (QED) is 0.741. The summed E-state index contributed by atoms with van der Waals surface area (Å²) in [5.41, 5.74) is 1.77. The highest BCUT2D eigenvalue weighted by Gasteiger charge is 2.22. The molecule has 0 aliphatic heterocycles. The topological polar surface area (TPSA) is 68.1 Å². The summed E-state index contributed by atoms with van der Waals surface area (Å²) < 4.78 is 3.38. The molecular weight excluding hydrogens is 340 g/mol. The van der Waals surface area contributed by atoms with Crippen LogP contribution in [0.1, 0.15) is 26.5 Å². The molecule has 1 aromatic heterocycles. The van der Waals surface area contributed by atoms with Crippen LogP contribution in [0, 0.1) is 6.92 Å². The molecule has 0 bridgehead atoms. The van der Waals surface area contributed by atoms with Gasteiger partial charge in [0, 0.05) is 5.54 Å². The van der Waals surface area contributed by atoms with Crippen LogP contribution >= 0.6 is 0 Å². The number of hydrogen-bond donors (Lipinski definition) is 2. The molecule has 0 unspecified atom stereocenters. The molecule has 0 spiro atoms. The van der Waals surface area contributed by atoms with Crippen LogP contribution in [-0.4, -0.2) is 20.9 Å². The Balaban J connectivity index is 2.16. The first-order valence-corrected chi connectivity index (χ1v) is 8.82. The van der Waals surface area contributed by atoms with E-state index in [2.05, 4.69) is 10.6 Å². The molecule has 3 aromatic rings. The van der Waals surface area contributed by atoms with Gasteiger partial charge in [0.05, 0.1) is 17.1 Å². The van der Waals surface area contributed by atoms with E-state index in [1.807, 2.05) is 93.0 Å². The van der Waals surface area contributed by atoms with E-state index in [0.29, 0.717) is 5.69 Å². The fourth-order valence-electron chi connectivity index (χ4n) is 2.92. The van der Waals surface area contributed by atoms with Crippen LogP contribution in [0.2, 0.25) is 0 Å². The molecule has 2 N–H and O–H groups in total. The monoisotopic (exact) mass is 364 g/mol. The fourth-order valence-corrected chi connectivity index (χ4v) is 2.92. The average Bonchev–Trinajstić information content (AvgIpc) is 2.86. The first-order chi connectivity index (χ1) is 12.8. The summed E-state index contributed by atoms with van der Waals surface area (Å²) in [6.07, 6.45) is 0. The lowest BCUT2D eigenvalue weighted by Crippen LogP contribution is -2.43. The molecule has 0 atom stereocenters. The minimum absolute atomic E-state index is 0.254. The Hall–Kier alpha value is -3.28. The van der Waals surface area contributed by atoms with E-state index in [4.69, 9.17) is 0 Å². The van der Waals surface area contributed by atoms with Gasteiger partial charge in [-0.05, 0) is 52.0 Å². The number of nitrogens with one attached hydrogen (secondary N) is 2. The summed E-state index contributed by atoms with van der Waals surface area (Å²) in [6, 6.07) is 18.5. The molecule has 6 nitrogen and oxygen atoms in total. The number of hydrogen-bond acceptors (Lipinski definition) is 2. The van der Waals surface area contributed by atoms with Crippen LogP contribution in [-0.2, 0) is 0 Å². The van der Waals surface area contributed by atoms with Gasteiger partial charge < -0.3 is 10.6 Å². The van der Waals surface area contributed by atoms with Gasteiger partial charge in [-0.1, -0.05) is 36.4 Å². The molecule has 140 valence electrons. The van der Waals surface area contributed by atoms with Gasteiger partial charge in [0.2, 0.25) is 0 Å². The molecule has 0 radical (unpaired) electrons. The molecule has 0 aliphatic carbocycles. The molecule has 0 saturated heterocycles. The van der Waals surface area contributed by atoms with Crippen molar-refractivity contribution >= 4 is 11.7 Å². The number of carbonyl (C=O) groups excluding carboxylic acids is 1. The van der Waals surface area contributed by atoms with Crippen LogP contribution in [0.3, 0.4) is 0 Å². The van der Waals surface area contributed by atoms with Crippen molar-refractivity contribution in [2.24, 2.45) is 0 Å². The Morgan fingerprint density at radius 3 is 1.81 bits per heavy atom. The number of nitrogens with zero attached hydrogens (tertiary/aromatic N) is 2. The third-order valence-electron chi connectivity index (χ3n) is 4.01. The summed E-state index contributed by atoms with van der Waals surface area (Å²) >= 11 is 0. The smallest absolute Gasteiger partial charge is 0.319 e. The van der Waals surface area contributed by atoms with Crippen LogP contribution in [0.25, 0.3) is 11.4 Å². The highest BCUT2D eigenvalue weighted by atomic mass is 16.2. The van der Waals surface area contributed by atoms with Crippen LogP contribution < -0.4 is 16.2 Å². The van der Waals surface area contributed by atoms with Crippen molar-refractivity contribution in [1.29, 1.82) is 0 Å². The maximum Gasteiger partial charge on any atom is 0.319 e. The average molecular weight is 364 g/mol. The van der Waals surface area contributed by atoms with E-state index in [0.717, 1.165) is 11.4 Å². The number of carbonyl (C=O) groups is 1. The van der Waals surface area contributed by atoms with E-state index >= 15 is 0 Å². The highest BCUT2D eigenvalue weighted by molar-refractivity contribution is 5.90. The first kappa shape index (κ1) is 18.5. The maximum atomic E-state index is 13.2. The molecule has 1 heterocycles. The van der Waals surface area contributed by atoms with E-state index in [1.165, 1.54) is 0 Å². The maximum absolute atomic E-state index is 13.2. The molecule has 0 saturated carbocycles. The first-order valence-electron chi connectivity index (χ1n) is 8.82. The predicted molar refractivity (Wildman–Crippen MR) is 108 cm³/mol. The van der Waals surface area contributed by atoms with Gasteiger partial charge in [0.15, 0.2) is 0 Å². The molecule has 2 aromatic carbocycles. The Labute approximate surface area is 158 Å². The molecular formula is C21H24N4O2. The summed E-state index contributed by atoms with van der Waals surface area (Å²) in [7, 11) is 0. The van der Waals surface area contributed by atoms with E-state index < -0.39 is 11.6 Å². The largest absolute Gasteiger partial charge is 0.333 e. The van der Waals surface area contributed by atoms with Crippen LogP contribution in [0.5, 0.6) is 0 Å². The second kappa shape index (κ2) is 7.15. The second-order valence-corrected chi connectivity index (χ2v) is 7.39. The molecule has 0 aliphatic rings. The normalized spacial score (nSPS) is 11.3. The number of aromatic nitrogens is 2. The van der Waals surface area contributed by atoms with Gasteiger partial charge in [0.1, 0.15) is 5.69 Å². The molecule has 6 heteroatoms. The lowest BCUT2D eigenvalue weighted by molar-refractivity contribution is 0.244. The minimum atomic E-state index is -0.409. The van der Waals surface area contributed by atoms with Crippen molar-refractivity contribution in [1.82, 2.24) is 14.7 Å². The van der Waals surface area contributed by atoms with Crippen LogP contribution in [0.15, 0.2) is 65.5 Å². The number of para-hydroxylation sites is 2. The number of benzene rings is 2. The van der Waals surface area contributed by atoms with E-state index in [-0.39, 0.29) is 11.2 Å². The van der Waals surface area contributed by atoms with Crippen molar-refractivity contribution < 1.29 is 4.79 Å². The van der Waals surface area contributed by atoms with E-state index in [9.17, 15) is 9.59 Å². The summed E-state index contributed by atoms with van der Waals surface area (Å²) in [5, 5.41) is 5.55. The minimum Gasteiger partial charge on any atom is -0.333 e. The Morgan fingerprint density at radius 2 is 1.33 bits per heavy atom. The molecule has 27 heavy (non-hydrogen) atoms. The van der Waals surface area contributed by atoms with Crippen molar-refractivity contribution in [3.05, 3.63) is 76.7 Å². The Bertz CT molecular complexity index is 996. The standard InChI is InChI=1S/C21H24N4O2/c1-15-18(22-20(27)23-21(2,3)4)19(26)25(17-13-9-6-10-14-17)24(15)16-11-7-5-8-12-16/h5-14H,1-4H3,(H2,22,23,27). The third-order valence-corrected chi connectivity index (χ3v) is 4.01. The van der Waals surface area contributed by atoms with E-state index in [1.54, 1.807) is 4.68 Å². The number of rotatable bonds is 3. The highest BCUT2D eigenvalue weighted by Crippen LogP contribution is 2.20. The fraction of sp³-hybridized carbons (Fsp3) is 0.238. The predicted octanol–water partition coefficient (Wildman–Crippen LogP) is 3.86. The van der Waals surface area contributed by atoms with Crippen LogP contribution in [0.4, 0.5) is 10.5 Å². The number of amides is 2. The Morgan fingerprint density at radius 1 is 0.852 bits per heavy atom. The lowest BCUT2D eigenvalue weighted by atomic mass is 10.1. The third kappa shape index (κ3) is 3.95. The van der Waals surface area contributed by atoms with Crippen molar-refractivity contribution in [3.63, 3.8) is 0 Å². The van der Waals surface area contributed by atoms with Crippen molar-refractivity contribution in [2.45, 2.75) is 33.2 Å². The molecule has 0 fully saturated rings. The SMILES string of the molecule is Cc1c(NC(=O)NC(C)(C)C)c(=O)n(-c2ccccc2)n1-c1ccccc1. The van der Waals surface area contributed by atoms with Gasteiger partial charge in [-0.25, -0.2) is 14.2 Å². The summed E-state index contributed by atoms with van der Waals surface area (Å²) in [6.45, 7) is 7.48. The molecule has 3 rings (SSSR count). The summed E-state index contributed by atoms with van der Waals surface area (Å²) in [5.74, 6) is 0. The zero-order chi connectivity index (χ0) is 19.6. The van der Waals surface area contributed by atoms with Gasteiger partial charge in [0.25, 0.3) is 5.56 Å². The Kier molecular flexibility index (Phi) is 4.90. The van der Waals surface area contributed by atoms with Crippen molar-refractivity contribution in [2.75, 3.05) is 5.32 Å². The van der Waals surface area contributed by atoms with Crippen molar-refractivity contribution in [3.8, 4) is 11.4 Å². The van der Waals surface area contributed by atoms with Gasteiger partial charge in [-0.15, -0.1) is 0 Å². The number of urea groups is 1. The summed E-state index contributed by atoms with van der Waals surface area (Å²) in [4.78, 5) is 25.5.